The lowest BCUT2D eigenvalue weighted by Crippen LogP contribution is -2.30. The number of hydrogen-bond donors (Lipinski definition) is 1. The Kier molecular flexibility index (Phi) is 4.00. The van der Waals surface area contributed by atoms with Crippen molar-refractivity contribution in [2.75, 3.05) is 6.26 Å². The highest BCUT2D eigenvalue weighted by atomic mass is 32.2. The molecule has 0 aliphatic rings. The van der Waals surface area contributed by atoms with E-state index < -0.39 is 0 Å². The lowest BCUT2D eigenvalue weighted by atomic mass is 10.4. The van der Waals surface area contributed by atoms with Crippen LogP contribution in [-0.4, -0.2) is 27.2 Å². The van der Waals surface area contributed by atoms with Crippen molar-refractivity contribution in [1.29, 1.82) is 0 Å². The fourth-order valence-corrected chi connectivity index (χ4v) is 1.30. The van der Waals surface area contributed by atoms with E-state index in [-0.39, 0.29) is 11.2 Å². The fourth-order valence-electron chi connectivity index (χ4n) is 1.00. The van der Waals surface area contributed by atoms with Crippen molar-refractivity contribution < 1.29 is 4.79 Å². The molecule has 1 amide bonds. The Morgan fingerprint density at radius 2 is 2.50 bits per heavy atom. The van der Waals surface area contributed by atoms with E-state index in [0.29, 0.717) is 6.54 Å². The highest BCUT2D eigenvalue weighted by Crippen LogP contribution is 2.05. The molecule has 0 bridgehead atoms. The van der Waals surface area contributed by atoms with Gasteiger partial charge in [-0.05, 0) is 19.2 Å². The lowest BCUT2D eigenvalue weighted by Gasteiger charge is -2.09. The third-order valence-electron chi connectivity index (χ3n) is 2.09. The maximum absolute atomic E-state index is 11.4. The molecule has 0 saturated carbocycles. The molecule has 1 aromatic heterocycles. The van der Waals surface area contributed by atoms with Gasteiger partial charge in [-0.2, -0.15) is 16.9 Å². The molecule has 0 spiro atoms. The Morgan fingerprint density at radius 3 is 3.00 bits per heavy atom. The van der Waals surface area contributed by atoms with E-state index in [1.165, 1.54) is 11.8 Å². The molecule has 0 unspecified atom stereocenters. The molecule has 1 heterocycles. The lowest BCUT2D eigenvalue weighted by molar-refractivity contribution is -0.120. The third-order valence-corrected chi connectivity index (χ3v) is 3.01. The monoisotopic (exact) mass is 213 g/mol. The van der Waals surface area contributed by atoms with Crippen LogP contribution in [0.15, 0.2) is 12.3 Å². The standard InChI is InChI=1S/C9H15N3OS/c1-7(14-3)9(13)10-6-8-4-5-11-12(8)2/h4-5,7H,6H2,1-3H3,(H,10,13)/t7-/m0/s1. The number of amides is 1. The Hall–Kier alpha value is -0.970. The van der Waals surface area contributed by atoms with Gasteiger partial charge < -0.3 is 5.32 Å². The zero-order valence-electron chi connectivity index (χ0n) is 8.65. The van der Waals surface area contributed by atoms with Gasteiger partial charge in [-0.25, -0.2) is 0 Å². The van der Waals surface area contributed by atoms with Crippen molar-refractivity contribution >= 4 is 17.7 Å². The Morgan fingerprint density at radius 1 is 1.79 bits per heavy atom. The van der Waals surface area contributed by atoms with Gasteiger partial charge in [0.05, 0.1) is 17.5 Å². The van der Waals surface area contributed by atoms with Gasteiger partial charge in [-0.15, -0.1) is 0 Å². The number of nitrogens with one attached hydrogen (secondary N) is 1. The van der Waals surface area contributed by atoms with Gasteiger partial charge in [0.2, 0.25) is 5.91 Å². The SMILES string of the molecule is CS[C@@H](C)C(=O)NCc1ccnn1C. The van der Waals surface area contributed by atoms with E-state index in [4.69, 9.17) is 0 Å². The van der Waals surface area contributed by atoms with Gasteiger partial charge in [0, 0.05) is 13.2 Å². The van der Waals surface area contributed by atoms with E-state index >= 15 is 0 Å². The smallest absolute Gasteiger partial charge is 0.233 e. The third kappa shape index (κ3) is 2.77. The van der Waals surface area contributed by atoms with E-state index in [2.05, 4.69) is 10.4 Å². The summed E-state index contributed by atoms with van der Waals surface area (Å²) in [4.78, 5) is 11.4. The van der Waals surface area contributed by atoms with E-state index in [0.717, 1.165) is 5.69 Å². The summed E-state index contributed by atoms with van der Waals surface area (Å²) in [6.45, 7) is 2.43. The summed E-state index contributed by atoms with van der Waals surface area (Å²) >= 11 is 1.54. The molecular formula is C9H15N3OS. The molecule has 0 aliphatic carbocycles. The molecule has 0 aromatic carbocycles. The molecule has 4 nitrogen and oxygen atoms in total. The van der Waals surface area contributed by atoms with Crippen molar-refractivity contribution in [3.8, 4) is 0 Å². The summed E-state index contributed by atoms with van der Waals surface area (Å²) in [5.74, 6) is 0.0682. The first-order chi connectivity index (χ1) is 6.65. The molecular weight excluding hydrogens is 198 g/mol. The number of carbonyl (C=O) groups is 1. The second-order valence-corrected chi connectivity index (χ2v) is 4.22. The summed E-state index contributed by atoms with van der Waals surface area (Å²) in [5.41, 5.74) is 1.01. The van der Waals surface area contributed by atoms with Crippen LogP contribution in [-0.2, 0) is 18.4 Å². The van der Waals surface area contributed by atoms with Crippen molar-refractivity contribution in [1.82, 2.24) is 15.1 Å². The first-order valence-corrected chi connectivity index (χ1v) is 5.71. The number of aromatic nitrogens is 2. The Bertz CT molecular complexity index is 311. The second-order valence-electron chi connectivity index (χ2n) is 3.04. The molecule has 5 heteroatoms. The maximum Gasteiger partial charge on any atom is 0.233 e. The minimum absolute atomic E-state index is 0.00299. The van der Waals surface area contributed by atoms with Gasteiger partial charge in [0.25, 0.3) is 0 Å². The van der Waals surface area contributed by atoms with E-state index in [1.54, 1.807) is 10.9 Å². The van der Waals surface area contributed by atoms with Crippen LogP contribution in [0.3, 0.4) is 0 Å². The summed E-state index contributed by atoms with van der Waals surface area (Å²) in [6.07, 6.45) is 3.65. The number of nitrogens with zero attached hydrogens (tertiary/aromatic N) is 2. The van der Waals surface area contributed by atoms with Crippen LogP contribution in [0.5, 0.6) is 0 Å². The van der Waals surface area contributed by atoms with Crippen molar-refractivity contribution in [3.05, 3.63) is 18.0 Å². The van der Waals surface area contributed by atoms with Crippen LogP contribution >= 0.6 is 11.8 Å². The van der Waals surface area contributed by atoms with Crippen LogP contribution in [0.2, 0.25) is 0 Å². The predicted octanol–water partition coefficient (Wildman–Crippen LogP) is 0.788. The van der Waals surface area contributed by atoms with Crippen molar-refractivity contribution in [3.63, 3.8) is 0 Å². The van der Waals surface area contributed by atoms with Crippen molar-refractivity contribution in [2.24, 2.45) is 7.05 Å². The van der Waals surface area contributed by atoms with Crippen LogP contribution in [0.25, 0.3) is 0 Å². The number of thioether (sulfide) groups is 1. The quantitative estimate of drug-likeness (QED) is 0.804. The zero-order chi connectivity index (χ0) is 10.6. The molecule has 1 aromatic rings. The summed E-state index contributed by atoms with van der Waals surface area (Å²) in [6, 6.07) is 1.89. The second kappa shape index (κ2) is 5.05. The minimum Gasteiger partial charge on any atom is -0.350 e. The van der Waals surface area contributed by atoms with Gasteiger partial charge in [0.15, 0.2) is 0 Å². The largest absolute Gasteiger partial charge is 0.350 e. The number of carbonyl (C=O) groups excluding carboxylic acids is 1. The average molecular weight is 213 g/mol. The highest BCUT2D eigenvalue weighted by molar-refractivity contribution is 7.99. The predicted molar refractivity (Wildman–Crippen MR) is 58.0 cm³/mol. The minimum atomic E-state index is 0.00299. The summed E-state index contributed by atoms with van der Waals surface area (Å²) in [7, 11) is 1.86. The molecule has 0 fully saturated rings. The first-order valence-electron chi connectivity index (χ1n) is 4.42. The molecule has 0 aliphatic heterocycles. The normalized spacial score (nSPS) is 12.5. The fraction of sp³-hybridized carbons (Fsp3) is 0.556. The molecule has 0 radical (unpaired) electrons. The molecule has 78 valence electrons. The topological polar surface area (TPSA) is 46.9 Å². The zero-order valence-corrected chi connectivity index (χ0v) is 9.47. The van der Waals surface area contributed by atoms with Crippen molar-refractivity contribution in [2.45, 2.75) is 18.7 Å². The Labute approximate surface area is 88.1 Å². The molecule has 1 atom stereocenters. The molecule has 14 heavy (non-hydrogen) atoms. The van der Waals surface area contributed by atoms with E-state index in [9.17, 15) is 4.79 Å². The van der Waals surface area contributed by atoms with Gasteiger partial charge >= 0.3 is 0 Å². The number of hydrogen-bond acceptors (Lipinski definition) is 3. The van der Waals surface area contributed by atoms with Gasteiger partial charge in [0.1, 0.15) is 0 Å². The average Bonchev–Trinajstić information content (AvgIpc) is 2.59. The van der Waals surface area contributed by atoms with E-state index in [1.807, 2.05) is 26.3 Å². The molecule has 1 rings (SSSR count). The number of rotatable bonds is 4. The first kappa shape index (κ1) is 11.1. The summed E-state index contributed by atoms with van der Waals surface area (Å²) < 4.78 is 1.75. The molecule has 0 saturated heterocycles. The Balaban J connectivity index is 2.41. The van der Waals surface area contributed by atoms with Gasteiger partial charge in [-0.3, -0.25) is 9.48 Å². The van der Waals surface area contributed by atoms with Crippen LogP contribution in [0.4, 0.5) is 0 Å². The van der Waals surface area contributed by atoms with Crippen LogP contribution in [0.1, 0.15) is 12.6 Å². The van der Waals surface area contributed by atoms with Gasteiger partial charge in [-0.1, -0.05) is 0 Å². The van der Waals surface area contributed by atoms with Crippen LogP contribution < -0.4 is 5.32 Å². The number of aryl methyl sites for hydroxylation is 1. The molecule has 1 N–H and O–H groups in total. The highest BCUT2D eigenvalue weighted by Gasteiger charge is 2.10. The summed E-state index contributed by atoms with van der Waals surface area (Å²) in [5, 5.41) is 6.88. The maximum atomic E-state index is 11.4. The van der Waals surface area contributed by atoms with Crippen LogP contribution in [0, 0.1) is 0 Å².